The van der Waals surface area contributed by atoms with Crippen LogP contribution in [0, 0.1) is 0 Å². The number of amides is 1. The summed E-state index contributed by atoms with van der Waals surface area (Å²) in [6.07, 6.45) is 4.46. The minimum absolute atomic E-state index is 0.00422. The van der Waals surface area contributed by atoms with E-state index >= 15 is 0 Å². The van der Waals surface area contributed by atoms with Crippen LogP contribution in [0.3, 0.4) is 0 Å². The van der Waals surface area contributed by atoms with E-state index in [1.54, 1.807) is 11.0 Å². The molecule has 1 amide bonds. The molecule has 1 atom stereocenters. The molecular weight excluding hydrogens is 222 g/mol. The van der Waals surface area contributed by atoms with Crippen molar-refractivity contribution >= 4 is 11.9 Å². The molecule has 2 heterocycles. The molecule has 0 aliphatic carbocycles. The third-order valence-electron chi connectivity index (χ3n) is 2.88. The molecule has 1 aromatic heterocycles. The molecule has 0 aromatic carbocycles. The van der Waals surface area contributed by atoms with E-state index in [0.717, 1.165) is 12.8 Å². The Hall–Kier alpha value is -1.98. The van der Waals surface area contributed by atoms with Crippen LogP contribution in [0.4, 0.5) is 0 Å². The fraction of sp³-hybridized carbons (Fsp3) is 0.455. The summed E-state index contributed by atoms with van der Waals surface area (Å²) in [7, 11) is 0. The number of carboxylic acids is 1. The van der Waals surface area contributed by atoms with Gasteiger partial charge in [0.15, 0.2) is 0 Å². The fourth-order valence-corrected chi connectivity index (χ4v) is 2.10. The van der Waals surface area contributed by atoms with E-state index in [4.69, 9.17) is 5.11 Å². The molecule has 90 valence electrons. The first-order valence-electron chi connectivity index (χ1n) is 5.48. The number of hydrogen-bond acceptors (Lipinski definition) is 4. The van der Waals surface area contributed by atoms with Crippen molar-refractivity contribution in [2.75, 3.05) is 6.54 Å². The Balaban J connectivity index is 2.11. The maximum Gasteiger partial charge on any atom is 0.305 e. The molecule has 6 nitrogen and oxygen atoms in total. The normalized spacial score (nSPS) is 19.3. The highest BCUT2D eigenvalue weighted by atomic mass is 16.4. The van der Waals surface area contributed by atoms with Gasteiger partial charge in [-0.2, -0.15) is 10.2 Å². The van der Waals surface area contributed by atoms with Crippen molar-refractivity contribution < 1.29 is 14.7 Å². The van der Waals surface area contributed by atoms with Crippen LogP contribution in [0.25, 0.3) is 0 Å². The van der Waals surface area contributed by atoms with Crippen LogP contribution in [0.2, 0.25) is 0 Å². The van der Waals surface area contributed by atoms with Crippen LogP contribution in [-0.2, 0) is 4.79 Å². The number of hydrogen-bond donors (Lipinski definition) is 1. The van der Waals surface area contributed by atoms with E-state index in [9.17, 15) is 9.59 Å². The van der Waals surface area contributed by atoms with Crippen LogP contribution in [0.5, 0.6) is 0 Å². The lowest BCUT2D eigenvalue weighted by atomic mass is 10.1. The van der Waals surface area contributed by atoms with Gasteiger partial charge in [0.1, 0.15) is 0 Å². The van der Waals surface area contributed by atoms with Gasteiger partial charge in [0.2, 0.25) is 0 Å². The molecule has 1 aromatic rings. The van der Waals surface area contributed by atoms with Gasteiger partial charge in [-0.3, -0.25) is 9.59 Å². The molecule has 1 fully saturated rings. The van der Waals surface area contributed by atoms with Gasteiger partial charge < -0.3 is 10.0 Å². The Kier molecular flexibility index (Phi) is 3.32. The van der Waals surface area contributed by atoms with E-state index in [1.165, 1.54) is 12.4 Å². The molecule has 2 rings (SSSR count). The van der Waals surface area contributed by atoms with E-state index in [0.29, 0.717) is 12.1 Å². The van der Waals surface area contributed by atoms with Crippen molar-refractivity contribution in [3.63, 3.8) is 0 Å². The predicted octanol–water partition coefficient (Wildman–Crippen LogP) is 0.556. The number of aromatic nitrogens is 2. The maximum absolute atomic E-state index is 12.1. The Morgan fingerprint density at radius 1 is 1.47 bits per heavy atom. The standard InChI is InChI=1S/C11H13N3O3/c15-10(16)6-9-2-1-5-14(9)11(17)8-3-4-12-13-7-8/h3-4,7,9H,1-2,5-6H2,(H,15,16). The predicted molar refractivity (Wildman–Crippen MR) is 58.3 cm³/mol. The van der Waals surface area contributed by atoms with Gasteiger partial charge in [0.05, 0.1) is 24.4 Å². The second kappa shape index (κ2) is 4.90. The molecule has 0 bridgehead atoms. The van der Waals surface area contributed by atoms with E-state index in [2.05, 4.69) is 10.2 Å². The van der Waals surface area contributed by atoms with Crippen molar-refractivity contribution in [3.05, 3.63) is 24.0 Å². The Morgan fingerprint density at radius 2 is 2.29 bits per heavy atom. The van der Waals surface area contributed by atoms with Crippen molar-refractivity contribution in [1.82, 2.24) is 15.1 Å². The first-order valence-corrected chi connectivity index (χ1v) is 5.48. The first-order chi connectivity index (χ1) is 8.18. The number of rotatable bonds is 3. The van der Waals surface area contributed by atoms with Crippen LogP contribution >= 0.6 is 0 Å². The van der Waals surface area contributed by atoms with Crippen LogP contribution < -0.4 is 0 Å². The lowest BCUT2D eigenvalue weighted by Gasteiger charge is -2.23. The van der Waals surface area contributed by atoms with Gasteiger partial charge in [0, 0.05) is 12.6 Å². The van der Waals surface area contributed by atoms with E-state index in [-0.39, 0.29) is 18.4 Å². The number of aliphatic carboxylic acids is 1. The Labute approximate surface area is 98.3 Å². The zero-order valence-corrected chi connectivity index (χ0v) is 9.24. The molecule has 1 saturated heterocycles. The zero-order chi connectivity index (χ0) is 12.3. The number of nitrogens with zero attached hydrogens (tertiary/aromatic N) is 3. The molecule has 17 heavy (non-hydrogen) atoms. The monoisotopic (exact) mass is 235 g/mol. The van der Waals surface area contributed by atoms with E-state index in [1.807, 2.05) is 0 Å². The van der Waals surface area contributed by atoms with Gasteiger partial charge in [-0.25, -0.2) is 0 Å². The molecule has 1 N–H and O–H groups in total. The minimum Gasteiger partial charge on any atom is -0.481 e. The third kappa shape index (κ3) is 2.58. The summed E-state index contributed by atoms with van der Waals surface area (Å²) >= 11 is 0. The fourth-order valence-electron chi connectivity index (χ4n) is 2.10. The highest BCUT2D eigenvalue weighted by Gasteiger charge is 2.30. The summed E-state index contributed by atoms with van der Waals surface area (Å²) in [4.78, 5) is 24.4. The number of carboxylic acid groups (broad SMARTS) is 1. The Bertz CT molecular complexity index is 421. The van der Waals surface area contributed by atoms with Crippen molar-refractivity contribution in [3.8, 4) is 0 Å². The molecular formula is C11H13N3O3. The third-order valence-corrected chi connectivity index (χ3v) is 2.88. The largest absolute Gasteiger partial charge is 0.481 e. The van der Waals surface area contributed by atoms with Crippen molar-refractivity contribution in [2.45, 2.75) is 25.3 Å². The summed E-state index contributed by atoms with van der Waals surface area (Å²) in [6, 6.07) is 1.39. The summed E-state index contributed by atoms with van der Waals surface area (Å²) < 4.78 is 0. The lowest BCUT2D eigenvalue weighted by molar-refractivity contribution is -0.137. The highest BCUT2D eigenvalue weighted by molar-refractivity contribution is 5.94. The number of carbonyl (C=O) groups excluding carboxylic acids is 1. The minimum atomic E-state index is -0.873. The van der Waals surface area contributed by atoms with Gasteiger partial charge in [-0.1, -0.05) is 0 Å². The average Bonchev–Trinajstić information content (AvgIpc) is 2.76. The van der Waals surface area contributed by atoms with Gasteiger partial charge in [-0.05, 0) is 18.9 Å². The Morgan fingerprint density at radius 3 is 2.94 bits per heavy atom. The van der Waals surface area contributed by atoms with Crippen molar-refractivity contribution in [1.29, 1.82) is 0 Å². The maximum atomic E-state index is 12.1. The highest BCUT2D eigenvalue weighted by Crippen LogP contribution is 2.22. The molecule has 1 aliphatic rings. The molecule has 1 aliphatic heterocycles. The summed E-state index contributed by atoms with van der Waals surface area (Å²) in [5.74, 6) is -1.04. The summed E-state index contributed by atoms with van der Waals surface area (Å²) in [5, 5.41) is 16.0. The van der Waals surface area contributed by atoms with Crippen LogP contribution in [-0.4, -0.2) is 44.7 Å². The molecule has 6 heteroatoms. The topological polar surface area (TPSA) is 83.4 Å². The zero-order valence-electron chi connectivity index (χ0n) is 9.24. The second-order valence-electron chi connectivity index (χ2n) is 4.02. The van der Waals surface area contributed by atoms with Crippen LogP contribution in [0.1, 0.15) is 29.6 Å². The molecule has 0 radical (unpaired) electrons. The van der Waals surface area contributed by atoms with Crippen LogP contribution in [0.15, 0.2) is 18.5 Å². The molecule has 0 spiro atoms. The van der Waals surface area contributed by atoms with E-state index < -0.39 is 5.97 Å². The molecule has 1 unspecified atom stereocenters. The number of likely N-dealkylation sites (tertiary alicyclic amines) is 1. The summed E-state index contributed by atoms with van der Waals surface area (Å²) in [6.45, 7) is 0.610. The second-order valence-corrected chi connectivity index (χ2v) is 4.02. The SMILES string of the molecule is O=C(O)CC1CCCN1C(=O)c1ccnnc1. The number of carbonyl (C=O) groups is 2. The smallest absolute Gasteiger partial charge is 0.305 e. The average molecular weight is 235 g/mol. The quantitative estimate of drug-likeness (QED) is 0.827. The van der Waals surface area contributed by atoms with Gasteiger partial charge in [-0.15, -0.1) is 0 Å². The summed E-state index contributed by atoms with van der Waals surface area (Å²) in [5.41, 5.74) is 0.456. The molecule has 0 saturated carbocycles. The van der Waals surface area contributed by atoms with Gasteiger partial charge in [0.25, 0.3) is 5.91 Å². The lowest BCUT2D eigenvalue weighted by Crippen LogP contribution is -2.36. The van der Waals surface area contributed by atoms with Crippen molar-refractivity contribution in [2.24, 2.45) is 0 Å². The van der Waals surface area contributed by atoms with Gasteiger partial charge >= 0.3 is 5.97 Å². The first kappa shape index (κ1) is 11.5.